The van der Waals surface area contributed by atoms with Crippen molar-refractivity contribution < 1.29 is 12.8 Å². The molecule has 0 bridgehead atoms. The van der Waals surface area contributed by atoms with Crippen molar-refractivity contribution in [3.63, 3.8) is 0 Å². The monoisotopic (exact) mass is 271 g/mol. The van der Waals surface area contributed by atoms with Crippen molar-refractivity contribution >= 4 is 15.9 Å². The fourth-order valence-electron chi connectivity index (χ4n) is 1.49. The van der Waals surface area contributed by atoms with E-state index < -0.39 is 16.0 Å². The van der Waals surface area contributed by atoms with Crippen LogP contribution in [0.25, 0.3) is 0 Å². The molecule has 0 spiro atoms. The highest BCUT2D eigenvalue weighted by atomic mass is 32.2. The molecule has 0 aliphatic carbocycles. The van der Waals surface area contributed by atoms with Crippen LogP contribution in [0, 0.1) is 17.1 Å². The van der Waals surface area contributed by atoms with Gasteiger partial charge in [-0.1, -0.05) is 19.9 Å². The predicted octanol–water partition coefficient (Wildman–Crippen LogP) is 1.70. The highest BCUT2D eigenvalue weighted by Crippen LogP contribution is 2.19. The smallest absolute Gasteiger partial charge is 0.269 e. The molecule has 0 saturated carbocycles. The zero-order chi connectivity index (χ0) is 13.8. The lowest BCUT2D eigenvalue weighted by atomic mass is 10.2. The summed E-state index contributed by atoms with van der Waals surface area (Å²) in [5, 5.41) is 8.81. The third-order valence-corrected chi connectivity index (χ3v) is 4.08. The largest absolute Gasteiger partial charge is 0.301 e. The molecule has 0 radical (unpaired) electrons. The molecule has 5 nitrogen and oxygen atoms in total. The van der Waals surface area contributed by atoms with E-state index >= 15 is 0 Å². The molecule has 0 heterocycles. The van der Waals surface area contributed by atoms with E-state index in [1.807, 2.05) is 0 Å². The summed E-state index contributed by atoms with van der Waals surface area (Å²) in [5.41, 5.74) is -0.363. The standard InChI is InChI=1S/C11H14FN3O2S/c1-3-15(4-2)18(16,17)14-11-7-5-6-10(12)9(11)8-13/h5-7,14H,3-4H2,1-2H3. The molecular formula is C11H14FN3O2S. The molecule has 0 atom stereocenters. The fourth-order valence-corrected chi connectivity index (χ4v) is 2.75. The van der Waals surface area contributed by atoms with E-state index in [-0.39, 0.29) is 11.3 Å². The Kier molecular flexibility index (Phi) is 4.64. The van der Waals surface area contributed by atoms with Gasteiger partial charge in [0.1, 0.15) is 17.4 Å². The Bertz CT molecular complexity index is 562. The molecule has 0 aliphatic rings. The van der Waals surface area contributed by atoms with Crippen molar-refractivity contribution in [2.75, 3.05) is 17.8 Å². The van der Waals surface area contributed by atoms with Crippen LogP contribution in [-0.4, -0.2) is 25.8 Å². The van der Waals surface area contributed by atoms with Gasteiger partial charge in [-0.05, 0) is 12.1 Å². The lowest BCUT2D eigenvalue weighted by Crippen LogP contribution is -2.35. The maximum Gasteiger partial charge on any atom is 0.301 e. The van der Waals surface area contributed by atoms with E-state index in [9.17, 15) is 12.8 Å². The number of halogens is 1. The van der Waals surface area contributed by atoms with E-state index in [0.717, 1.165) is 6.07 Å². The van der Waals surface area contributed by atoms with Gasteiger partial charge in [0.05, 0.1) is 5.69 Å². The van der Waals surface area contributed by atoms with Crippen molar-refractivity contribution in [1.82, 2.24) is 4.31 Å². The molecule has 0 amide bonds. The van der Waals surface area contributed by atoms with Crippen LogP contribution in [0.1, 0.15) is 19.4 Å². The van der Waals surface area contributed by atoms with Crippen LogP contribution in [0.5, 0.6) is 0 Å². The van der Waals surface area contributed by atoms with Gasteiger partial charge in [0.2, 0.25) is 0 Å². The second-order valence-electron chi connectivity index (χ2n) is 3.47. The minimum atomic E-state index is -3.76. The maximum absolute atomic E-state index is 13.3. The zero-order valence-electron chi connectivity index (χ0n) is 10.1. The van der Waals surface area contributed by atoms with E-state index in [4.69, 9.17) is 5.26 Å². The summed E-state index contributed by atoms with van der Waals surface area (Å²) in [4.78, 5) is 0. The molecule has 0 aromatic heterocycles. The van der Waals surface area contributed by atoms with Gasteiger partial charge in [-0.3, -0.25) is 4.72 Å². The minimum Gasteiger partial charge on any atom is -0.269 e. The molecule has 1 aromatic carbocycles. The Balaban J connectivity index is 3.13. The van der Waals surface area contributed by atoms with Gasteiger partial charge in [-0.25, -0.2) is 4.39 Å². The van der Waals surface area contributed by atoms with Gasteiger partial charge in [-0.2, -0.15) is 18.0 Å². The van der Waals surface area contributed by atoms with Gasteiger partial charge in [0.15, 0.2) is 0 Å². The van der Waals surface area contributed by atoms with Gasteiger partial charge >= 0.3 is 10.2 Å². The van der Waals surface area contributed by atoms with Crippen molar-refractivity contribution in [1.29, 1.82) is 5.26 Å². The van der Waals surface area contributed by atoms with Crippen LogP contribution in [0.15, 0.2) is 18.2 Å². The van der Waals surface area contributed by atoms with Crippen molar-refractivity contribution in [2.45, 2.75) is 13.8 Å². The second kappa shape index (κ2) is 5.80. The number of nitriles is 1. The molecule has 0 unspecified atom stereocenters. The lowest BCUT2D eigenvalue weighted by Gasteiger charge is -2.19. The number of anilines is 1. The topological polar surface area (TPSA) is 73.2 Å². The number of benzene rings is 1. The number of rotatable bonds is 5. The average molecular weight is 271 g/mol. The van der Waals surface area contributed by atoms with Crippen LogP contribution >= 0.6 is 0 Å². The van der Waals surface area contributed by atoms with Crippen LogP contribution in [0.4, 0.5) is 10.1 Å². The highest BCUT2D eigenvalue weighted by molar-refractivity contribution is 7.90. The van der Waals surface area contributed by atoms with Gasteiger partial charge in [0, 0.05) is 13.1 Å². The number of hydrogen-bond acceptors (Lipinski definition) is 3. The number of nitrogens with one attached hydrogen (secondary N) is 1. The molecule has 0 saturated heterocycles. The summed E-state index contributed by atoms with van der Waals surface area (Å²) < 4.78 is 40.6. The maximum atomic E-state index is 13.3. The van der Waals surface area contributed by atoms with Crippen LogP contribution in [-0.2, 0) is 10.2 Å². The molecule has 7 heteroatoms. The molecule has 1 N–H and O–H groups in total. The SMILES string of the molecule is CCN(CC)S(=O)(=O)Nc1cccc(F)c1C#N. The Morgan fingerprint density at radius 2 is 2.00 bits per heavy atom. The summed E-state index contributed by atoms with van der Waals surface area (Å²) in [6.45, 7) is 3.98. The van der Waals surface area contributed by atoms with Crippen LogP contribution < -0.4 is 4.72 Å². The Labute approximate surface area is 106 Å². The quantitative estimate of drug-likeness (QED) is 0.885. The third-order valence-electron chi connectivity index (χ3n) is 2.41. The van der Waals surface area contributed by atoms with E-state index in [2.05, 4.69) is 4.72 Å². The molecule has 98 valence electrons. The first kappa shape index (κ1) is 14.4. The van der Waals surface area contributed by atoms with Crippen molar-refractivity contribution in [3.05, 3.63) is 29.6 Å². The summed E-state index contributed by atoms with van der Waals surface area (Å²) in [6.07, 6.45) is 0. The minimum absolute atomic E-state index is 0.0515. The average Bonchev–Trinajstić information content (AvgIpc) is 2.30. The molecule has 0 fully saturated rings. The van der Waals surface area contributed by atoms with Crippen LogP contribution in [0.2, 0.25) is 0 Å². The fraction of sp³-hybridized carbons (Fsp3) is 0.364. The van der Waals surface area contributed by atoms with Crippen molar-refractivity contribution in [2.24, 2.45) is 0 Å². The van der Waals surface area contributed by atoms with Gasteiger partial charge < -0.3 is 0 Å². The predicted molar refractivity (Wildman–Crippen MR) is 66.6 cm³/mol. The third kappa shape index (κ3) is 2.97. The first-order chi connectivity index (χ1) is 8.46. The molecular weight excluding hydrogens is 257 g/mol. The Morgan fingerprint density at radius 3 is 2.50 bits per heavy atom. The first-order valence-corrected chi connectivity index (χ1v) is 6.86. The second-order valence-corrected chi connectivity index (χ2v) is 5.14. The summed E-state index contributed by atoms with van der Waals surface area (Å²) in [5.74, 6) is -0.753. The highest BCUT2D eigenvalue weighted by Gasteiger charge is 2.20. The molecule has 1 aromatic rings. The van der Waals surface area contributed by atoms with Gasteiger partial charge in [-0.15, -0.1) is 0 Å². The molecule has 18 heavy (non-hydrogen) atoms. The first-order valence-electron chi connectivity index (χ1n) is 5.42. The summed E-state index contributed by atoms with van der Waals surface area (Å²) in [6, 6.07) is 5.44. The Morgan fingerprint density at radius 1 is 1.39 bits per heavy atom. The van der Waals surface area contributed by atoms with Crippen LogP contribution in [0.3, 0.4) is 0 Å². The normalized spacial score (nSPS) is 11.3. The number of hydrogen-bond donors (Lipinski definition) is 1. The van der Waals surface area contributed by atoms with Gasteiger partial charge in [0.25, 0.3) is 0 Å². The summed E-state index contributed by atoms with van der Waals surface area (Å²) >= 11 is 0. The number of nitrogens with zero attached hydrogens (tertiary/aromatic N) is 2. The molecule has 0 aliphatic heterocycles. The van der Waals surface area contributed by atoms with E-state index in [1.165, 1.54) is 16.4 Å². The lowest BCUT2D eigenvalue weighted by molar-refractivity contribution is 0.449. The molecule has 1 rings (SSSR count). The summed E-state index contributed by atoms with van der Waals surface area (Å²) in [7, 11) is -3.76. The van der Waals surface area contributed by atoms with E-state index in [1.54, 1.807) is 19.9 Å². The van der Waals surface area contributed by atoms with E-state index in [0.29, 0.717) is 13.1 Å². The zero-order valence-corrected chi connectivity index (χ0v) is 11.0. The Hall–Kier alpha value is -1.65. The van der Waals surface area contributed by atoms with Crippen molar-refractivity contribution in [3.8, 4) is 6.07 Å².